The molecule has 0 bridgehead atoms. The minimum Gasteiger partial charge on any atom is -0.201 e. The predicted molar refractivity (Wildman–Crippen MR) is 71.4 cm³/mol. The van der Waals surface area contributed by atoms with E-state index in [1.54, 1.807) is 0 Å². The minimum absolute atomic E-state index is 0.673. The molecule has 0 radical (unpaired) electrons. The van der Waals surface area contributed by atoms with Crippen LogP contribution in [0.2, 0.25) is 0 Å². The normalized spacial score (nSPS) is 11.5. The first-order valence-corrected chi connectivity index (χ1v) is 6.29. The summed E-state index contributed by atoms with van der Waals surface area (Å²) in [4.78, 5) is 0. The molecule has 0 spiro atoms. The lowest BCUT2D eigenvalue weighted by atomic mass is 10.2. The first kappa shape index (κ1) is 12.7. The van der Waals surface area contributed by atoms with Gasteiger partial charge >= 0.3 is 0 Å². The van der Waals surface area contributed by atoms with E-state index in [2.05, 4.69) is 12.1 Å². The first-order chi connectivity index (χ1) is 8.05. The molecule has 0 unspecified atom stereocenters. The highest BCUT2D eigenvalue weighted by Gasteiger charge is 2.23. The average Bonchev–Trinajstić information content (AvgIpc) is 2.30. The van der Waals surface area contributed by atoms with Gasteiger partial charge in [-0.2, -0.15) is 0 Å². The summed E-state index contributed by atoms with van der Waals surface area (Å²) in [5, 5.41) is 0. The summed E-state index contributed by atoms with van der Waals surface area (Å²) in [5.74, 6) is 0. The smallest absolute Gasteiger partial charge is 0.201 e. The fourth-order valence-corrected chi connectivity index (χ4v) is 1.92. The molecular weight excluding hydrogens is 277 g/mol. The van der Waals surface area contributed by atoms with Gasteiger partial charge in [0, 0.05) is 23.3 Å². The van der Waals surface area contributed by atoms with E-state index >= 15 is 0 Å². The van der Waals surface area contributed by atoms with Gasteiger partial charge in [0.1, 0.15) is 0 Å². The highest BCUT2D eigenvalue weighted by molar-refractivity contribution is 6.66. The molecule has 0 atom stereocenters. The third-order valence-corrected chi connectivity index (χ3v) is 3.08. The Labute approximate surface area is 116 Å². The van der Waals surface area contributed by atoms with Crippen molar-refractivity contribution in [2.45, 2.75) is 10.3 Å². The quantitative estimate of drug-likeness (QED) is 0.583. The topological polar surface area (TPSA) is 3.88 Å². The highest BCUT2D eigenvalue weighted by Crippen LogP contribution is 2.37. The minimum atomic E-state index is -1.36. The van der Waals surface area contributed by atoms with Gasteiger partial charge in [0.2, 0.25) is 3.79 Å². The van der Waals surface area contributed by atoms with Crippen molar-refractivity contribution in [3.63, 3.8) is 0 Å². The molecule has 0 N–H and O–H groups in total. The van der Waals surface area contributed by atoms with E-state index in [1.807, 2.05) is 47.3 Å². The predicted octanol–water partition coefficient (Wildman–Crippen LogP) is 3.85. The van der Waals surface area contributed by atoms with Crippen LogP contribution < -0.4 is 4.57 Å². The van der Waals surface area contributed by atoms with Crippen molar-refractivity contribution in [3.8, 4) is 0 Å². The summed E-state index contributed by atoms with van der Waals surface area (Å²) >= 11 is 17.4. The molecule has 0 saturated carbocycles. The van der Waals surface area contributed by atoms with Gasteiger partial charge in [-0.25, -0.2) is 4.57 Å². The maximum Gasteiger partial charge on any atom is 0.216 e. The Morgan fingerprint density at radius 2 is 1.47 bits per heavy atom. The van der Waals surface area contributed by atoms with Crippen molar-refractivity contribution in [1.29, 1.82) is 0 Å². The number of aromatic nitrogens is 1. The molecule has 1 heterocycles. The van der Waals surface area contributed by atoms with Gasteiger partial charge in [-0.3, -0.25) is 0 Å². The van der Waals surface area contributed by atoms with Gasteiger partial charge in [-0.15, -0.1) is 0 Å². The zero-order valence-corrected chi connectivity index (χ0v) is 11.3. The summed E-state index contributed by atoms with van der Waals surface area (Å²) in [6, 6.07) is 13.8. The molecule has 2 rings (SSSR count). The van der Waals surface area contributed by atoms with Gasteiger partial charge in [0.05, 0.1) is 0 Å². The van der Waals surface area contributed by atoms with Crippen molar-refractivity contribution in [2.24, 2.45) is 0 Å². The van der Waals surface area contributed by atoms with Crippen molar-refractivity contribution in [1.82, 2.24) is 0 Å². The van der Waals surface area contributed by atoms with E-state index in [-0.39, 0.29) is 0 Å². The number of benzene rings is 1. The van der Waals surface area contributed by atoms with Crippen LogP contribution in [0.3, 0.4) is 0 Å². The number of rotatable bonds is 2. The maximum absolute atomic E-state index is 5.79. The lowest BCUT2D eigenvalue weighted by Gasteiger charge is -2.09. The second-order valence-corrected chi connectivity index (χ2v) is 6.02. The Hall–Kier alpha value is -0.760. The number of halogens is 3. The fourth-order valence-electron chi connectivity index (χ4n) is 1.55. The molecule has 0 aliphatic heterocycles. The molecule has 1 aromatic heterocycles. The third kappa shape index (κ3) is 3.60. The lowest BCUT2D eigenvalue weighted by molar-refractivity contribution is -0.688. The van der Waals surface area contributed by atoms with Crippen LogP contribution in [0, 0.1) is 0 Å². The molecular formula is C13H11Cl3N+. The summed E-state index contributed by atoms with van der Waals surface area (Å²) in [6.45, 7) is 0.807. The van der Waals surface area contributed by atoms with E-state index in [0.717, 1.165) is 6.54 Å². The first-order valence-electron chi connectivity index (χ1n) is 5.16. The van der Waals surface area contributed by atoms with Gasteiger partial charge < -0.3 is 0 Å². The Kier molecular flexibility index (Phi) is 3.93. The molecule has 4 heteroatoms. The van der Waals surface area contributed by atoms with Crippen LogP contribution in [-0.4, -0.2) is 0 Å². The highest BCUT2D eigenvalue weighted by atomic mass is 35.6. The molecule has 17 heavy (non-hydrogen) atoms. The standard InChI is InChI=1S/C13H11Cl3N/c14-13(15,16)12-6-8-17(9-7-12)10-11-4-2-1-3-5-11/h1-9H,10H2/q+1. The number of hydrogen-bond donors (Lipinski definition) is 0. The average molecular weight is 288 g/mol. The van der Waals surface area contributed by atoms with E-state index in [0.29, 0.717) is 5.56 Å². The molecule has 1 aromatic carbocycles. The number of nitrogens with zero attached hydrogens (tertiary/aromatic N) is 1. The fraction of sp³-hybridized carbons (Fsp3) is 0.154. The zero-order chi connectivity index (χ0) is 12.3. The van der Waals surface area contributed by atoms with Crippen LogP contribution in [0.1, 0.15) is 11.1 Å². The second kappa shape index (κ2) is 5.26. The van der Waals surface area contributed by atoms with E-state index < -0.39 is 3.79 Å². The molecule has 0 aliphatic rings. The molecule has 88 valence electrons. The Balaban J connectivity index is 2.14. The summed E-state index contributed by atoms with van der Waals surface area (Å²) in [6.07, 6.45) is 3.81. The Morgan fingerprint density at radius 3 is 2.00 bits per heavy atom. The monoisotopic (exact) mass is 286 g/mol. The third-order valence-electron chi connectivity index (χ3n) is 2.43. The van der Waals surface area contributed by atoms with Crippen molar-refractivity contribution < 1.29 is 4.57 Å². The summed E-state index contributed by atoms with van der Waals surface area (Å²) < 4.78 is 0.682. The number of alkyl halides is 3. The van der Waals surface area contributed by atoms with Gasteiger partial charge in [0.25, 0.3) is 0 Å². The zero-order valence-electron chi connectivity index (χ0n) is 8.98. The molecule has 0 saturated heterocycles. The van der Waals surface area contributed by atoms with E-state index in [4.69, 9.17) is 34.8 Å². The lowest BCUT2D eigenvalue weighted by Crippen LogP contribution is -2.33. The Morgan fingerprint density at radius 1 is 0.882 bits per heavy atom. The molecule has 0 fully saturated rings. The van der Waals surface area contributed by atoms with Crippen molar-refractivity contribution >= 4 is 34.8 Å². The molecule has 0 aliphatic carbocycles. The van der Waals surface area contributed by atoms with Crippen LogP contribution in [0.15, 0.2) is 54.9 Å². The Bertz CT molecular complexity index is 474. The summed E-state index contributed by atoms with van der Waals surface area (Å²) in [5.41, 5.74) is 1.91. The van der Waals surface area contributed by atoms with Gasteiger partial charge in [-0.05, 0) is 0 Å². The van der Waals surface area contributed by atoms with Crippen LogP contribution in [-0.2, 0) is 10.3 Å². The van der Waals surface area contributed by atoms with Gasteiger partial charge in [-0.1, -0.05) is 65.1 Å². The van der Waals surface area contributed by atoms with E-state index in [9.17, 15) is 0 Å². The second-order valence-electron chi connectivity index (χ2n) is 3.74. The largest absolute Gasteiger partial charge is 0.216 e. The summed E-state index contributed by atoms with van der Waals surface area (Å²) in [7, 11) is 0. The van der Waals surface area contributed by atoms with Gasteiger partial charge in [0.15, 0.2) is 18.9 Å². The van der Waals surface area contributed by atoms with Crippen molar-refractivity contribution in [2.75, 3.05) is 0 Å². The van der Waals surface area contributed by atoms with Crippen LogP contribution >= 0.6 is 34.8 Å². The van der Waals surface area contributed by atoms with Crippen molar-refractivity contribution in [3.05, 3.63) is 66.0 Å². The molecule has 0 amide bonds. The van der Waals surface area contributed by atoms with Crippen LogP contribution in [0.4, 0.5) is 0 Å². The molecule has 1 nitrogen and oxygen atoms in total. The maximum atomic E-state index is 5.79. The number of hydrogen-bond acceptors (Lipinski definition) is 0. The molecule has 2 aromatic rings. The van der Waals surface area contributed by atoms with E-state index in [1.165, 1.54) is 5.56 Å². The SMILES string of the molecule is ClC(Cl)(Cl)c1cc[n+](Cc2ccccc2)cc1. The van der Waals surface area contributed by atoms with Crippen LogP contribution in [0.25, 0.3) is 0 Å². The number of pyridine rings is 1. The van der Waals surface area contributed by atoms with Crippen LogP contribution in [0.5, 0.6) is 0 Å².